The fraction of sp³-hybridized carbons (Fsp3) is 0.357. The smallest absolute Gasteiger partial charge is 0.276 e. The molecule has 0 radical (unpaired) electrons. The summed E-state index contributed by atoms with van der Waals surface area (Å²) in [5.41, 5.74) is -0.840. The van der Waals surface area contributed by atoms with Crippen LogP contribution in [0.15, 0.2) is 22.7 Å². The van der Waals surface area contributed by atoms with Crippen LogP contribution in [-0.4, -0.2) is 17.8 Å². The van der Waals surface area contributed by atoms with E-state index in [0.717, 1.165) is 4.90 Å². The van der Waals surface area contributed by atoms with Gasteiger partial charge in [-0.3, -0.25) is 14.9 Å². The lowest BCUT2D eigenvalue weighted by Crippen LogP contribution is -2.63. The molecule has 1 saturated heterocycles. The zero-order valence-electron chi connectivity index (χ0n) is 11.6. The molecule has 0 bridgehead atoms. The molecule has 21 heavy (non-hydrogen) atoms. The monoisotopic (exact) mass is 372 g/mol. The molecular formula is C14H14BrClN2O3. The molecule has 4 amide bonds. The predicted octanol–water partition coefficient (Wildman–Crippen LogP) is 3.49. The zero-order chi connectivity index (χ0) is 15.8. The van der Waals surface area contributed by atoms with Gasteiger partial charge in [-0.1, -0.05) is 25.4 Å². The molecule has 0 saturated carbocycles. The van der Waals surface area contributed by atoms with Gasteiger partial charge in [-0.25, -0.2) is 9.69 Å². The number of nitrogens with zero attached hydrogens (tertiary/aromatic N) is 1. The Bertz CT molecular complexity index is 629. The molecule has 1 heterocycles. The third-order valence-electron chi connectivity index (χ3n) is 3.84. The molecule has 112 valence electrons. The van der Waals surface area contributed by atoms with Crippen molar-refractivity contribution in [2.45, 2.75) is 26.7 Å². The topological polar surface area (TPSA) is 66.5 Å². The van der Waals surface area contributed by atoms with Crippen molar-refractivity contribution in [2.24, 2.45) is 5.41 Å². The zero-order valence-corrected chi connectivity index (χ0v) is 13.9. The van der Waals surface area contributed by atoms with Gasteiger partial charge in [-0.2, -0.15) is 0 Å². The maximum atomic E-state index is 12.7. The first kappa shape index (κ1) is 16.0. The standard InChI is InChI=1S/C14H14BrClN2O3/c1-3-14(4-2)11(19)17-13(21)18(12(14)20)8-5-6-10(16)9(15)7-8/h5-7H,3-4H2,1-2H3,(H,17,19,21). The highest BCUT2D eigenvalue weighted by Gasteiger charge is 2.51. The van der Waals surface area contributed by atoms with Gasteiger partial charge in [0.1, 0.15) is 5.41 Å². The second kappa shape index (κ2) is 5.77. The summed E-state index contributed by atoms with van der Waals surface area (Å²) in [6.45, 7) is 3.51. The molecule has 1 N–H and O–H groups in total. The van der Waals surface area contributed by atoms with Crippen LogP contribution in [0.3, 0.4) is 0 Å². The minimum absolute atomic E-state index is 0.326. The number of nitrogens with one attached hydrogen (secondary N) is 1. The Labute approximate surface area is 135 Å². The maximum absolute atomic E-state index is 12.7. The number of benzene rings is 1. The number of rotatable bonds is 3. The van der Waals surface area contributed by atoms with Gasteiger partial charge in [0, 0.05) is 4.47 Å². The van der Waals surface area contributed by atoms with E-state index in [0.29, 0.717) is 28.0 Å². The van der Waals surface area contributed by atoms with Crippen LogP contribution in [0.5, 0.6) is 0 Å². The Morgan fingerprint density at radius 1 is 1.24 bits per heavy atom. The van der Waals surface area contributed by atoms with E-state index >= 15 is 0 Å². The Kier molecular flexibility index (Phi) is 4.39. The lowest BCUT2D eigenvalue weighted by atomic mass is 9.78. The first-order valence-electron chi connectivity index (χ1n) is 6.52. The van der Waals surface area contributed by atoms with Crippen molar-refractivity contribution in [2.75, 3.05) is 4.90 Å². The highest BCUT2D eigenvalue weighted by atomic mass is 79.9. The summed E-state index contributed by atoms with van der Waals surface area (Å²) in [7, 11) is 0. The van der Waals surface area contributed by atoms with E-state index in [4.69, 9.17) is 11.6 Å². The second-order valence-electron chi connectivity index (χ2n) is 4.79. The molecule has 7 heteroatoms. The molecule has 0 unspecified atom stereocenters. The molecule has 1 aliphatic rings. The van der Waals surface area contributed by atoms with E-state index in [2.05, 4.69) is 21.2 Å². The number of urea groups is 1. The average molecular weight is 374 g/mol. The van der Waals surface area contributed by atoms with Gasteiger partial charge in [-0.15, -0.1) is 0 Å². The quantitative estimate of drug-likeness (QED) is 0.825. The Balaban J connectivity index is 2.51. The van der Waals surface area contributed by atoms with Crippen LogP contribution >= 0.6 is 27.5 Å². The number of amides is 4. The molecule has 1 aromatic carbocycles. The fourth-order valence-electron chi connectivity index (χ4n) is 2.41. The molecular weight excluding hydrogens is 360 g/mol. The van der Waals surface area contributed by atoms with Crippen LogP contribution in [0, 0.1) is 5.41 Å². The summed E-state index contributed by atoms with van der Waals surface area (Å²) in [5, 5.41) is 2.73. The number of carbonyl (C=O) groups is 3. The maximum Gasteiger partial charge on any atom is 0.335 e. The highest BCUT2D eigenvalue weighted by molar-refractivity contribution is 9.10. The van der Waals surface area contributed by atoms with Gasteiger partial charge in [0.15, 0.2) is 0 Å². The summed E-state index contributed by atoms with van der Waals surface area (Å²) in [4.78, 5) is 37.9. The van der Waals surface area contributed by atoms with Crippen molar-refractivity contribution in [3.63, 3.8) is 0 Å². The molecule has 0 atom stereocenters. The molecule has 0 spiro atoms. The van der Waals surface area contributed by atoms with Crippen LogP contribution in [0.2, 0.25) is 5.02 Å². The molecule has 1 aliphatic heterocycles. The normalized spacial score (nSPS) is 17.9. The number of imide groups is 2. The number of halogens is 2. The first-order valence-corrected chi connectivity index (χ1v) is 7.69. The highest BCUT2D eigenvalue weighted by Crippen LogP contribution is 2.36. The summed E-state index contributed by atoms with van der Waals surface area (Å²) < 4.78 is 0.567. The van der Waals surface area contributed by atoms with Crippen LogP contribution in [0.4, 0.5) is 10.5 Å². The number of hydrogen-bond acceptors (Lipinski definition) is 3. The predicted molar refractivity (Wildman–Crippen MR) is 83.2 cm³/mol. The molecule has 0 aromatic heterocycles. The molecule has 2 rings (SSSR count). The SMILES string of the molecule is CCC1(CC)C(=O)NC(=O)N(c2ccc(Cl)c(Br)c2)C1=O. The van der Waals surface area contributed by atoms with E-state index in [9.17, 15) is 14.4 Å². The van der Waals surface area contributed by atoms with E-state index in [-0.39, 0.29) is 0 Å². The Morgan fingerprint density at radius 2 is 1.86 bits per heavy atom. The van der Waals surface area contributed by atoms with E-state index < -0.39 is 23.3 Å². The summed E-state index contributed by atoms with van der Waals surface area (Å²) >= 11 is 9.18. The lowest BCUT2D eigenvalue weighted by Gasteiger charge is -2.38. The van der Waals surface area contributed by atoms with Gasteiger partial charge >= 0.3 is 6.03 Å². The fourth-order valence-corrected chi connectivity index (χ4v) is 2.89. The van der Waals surface area contributed by atoms with Crippen LogP contribution in [0.1, 0.15) is 26.7 Å². The van der Waals surface area contributed by atoms with Gasteiger partial charge in [-0.05, 0) is 47.0 Å². The summed E-state index contributed by atoms with van der Waals surface area (Å²) in [6.07, 6.45) is 0.652. The van der Waals surface area contributed by atoms with Gasteiger partial charge in [0.25, 0.3) is 5.91 Å². The number of hydrogen-bond donors (Lipinski definition) is 1. The first-order chi connectivity index (χ1) is 9.87. The average Bonchev–Trinajstić information content (AvgIpc) is 2.44. The van der Waals surface area contributed by atoms with Crippen LogP contribution < -0.4 is 10.2 Å². The summed E-state index contributed by atoms with van der Waals surface area (Å²) in [6, 6.07) is 3.98. The van der Waals surface area contributed by atoms with Crippen molar-refractivity contribution < 1.29 is 14.4 Å². The van der Waals surface area contributed by atoms with Crippen molar-refractivity contribution in [3.8, 4) is 0 Å². The molecule has 1 fully saturated rings. The Hall–Kier alpha value is -1.40. The van der Waals surface area contributed by atoms with Crippen molar-refractivity contribution in [1.82, 2.24) is 5.32 Å². The van der Waals surface area contributed by atoms with Gasteiger partial charge in [0.2, 0.25) is 5.91 Å². The van der Waals surface area contributed by atoms with Crippen molar-refractivity contribution >= 4 is 51.1 Å². The Morgan fingerprint density at radius 3 is 2.38 bits per heavy atom. The van der Waals surface area contributed by atoms with Crippen LogP contribution in [0.25, 0.3) is 0 Å². The van der Waals surface area contributed by atoms with E-state index in [1.807, 2.05) is 0 Å². The van der Waals surface area contributed by atoms with Crippen molar-refractivity contribution in [1.29, 1.82) is 0 Å². The molecule has 1 aromatic rings. The van der Waals surface area contributed by atoms with Crippen molar-refractivity contribution in [3.05, 3.63) is 27.7 Å². The number of anilines is 1. The van der Waals surface area contributed by atoms with Gasteiger partial charge in [0.05, 0.1) is 10.7 Å². The second-order valence-corrected chi connectivity index (χ2v) is 6.05. The minimum Gasteiger partial charge on any atom is -0.276 e. The number of barbiturate groups is 1. The summed E-state index contributed by atoms with van der Waals surface area (Å²) in [5.74, 6) is -1.04. The van der Waals surface area contributed by atoms with E-state index in [1.165, 1.54) is 0 Å². The third-order valence-corrected chi connectivity index (χ3v) is 5.05. The lowest BCUT2D eigenvalue weighted by molar-refractivity contribution is -0.143. The van der Waals surface area contributed by atoms with E-state index in [1.54, 1.807) is 32.0 Å². The largest absolute Gasteiger partial charge is 0.335 e. The van der Waals surface area contributed by atoms with Gasteiger partial charge < -0.3 is 0 Å². The number of carbonyl (C=O) groups excluding carboxylic acids is 3. The molecule has 5 nitrogen and oxygen atoms in total. The molecule has 0 aliphatic carbocycles. The van der Waals surface area contributed by atoms with Crippen LogP contribution in [-0.2, 0) is 9.59 Å². The third kappa shape index (κ3) is 2.46. The minimum atomic E-state index is -1.21.